The zero-order chi connectivity index (χ0) is 18.7. The Kier molecular flexibility index (Phi) is 4.97. The summed E-state index contributed by atoms with van der Waals surface area (Å²) in [5, 5.41) is 5.24. The highest BCUT2D eigenvalue weighted by atomic mass is 19.1. The standard InChI is InChI=1S/C19H18FN3O3/c1-12-8-13(6-7-16(12)20)9-21-18(25)15-5-3-2-4-14(15)11-23-17(24)10-22-19(23)26/h2-8H,9-11H2,1H3,(H,21,25)(H,22,26). The molecular formula is C19H18FN3O3. The van der Waals surface area contributed by atoms with Gasteiger partial charge in [0.15, 0.2) is 0 Å². The molecule has 0 radical (unpaired) electrons. The molecule has 0 aromatic heterocycles. The minimum Gasteiger partial charge on any atom is -0.348 e. The summed E-state index contributed by atoms with van der Waals surface area (Å²) in [5.41, 5.74) is 2.25. The molecule has 0 saturated carbocycles. The van der Waals surface area contributed by atoms with E-state index in [1.165, 1.54) is 6.07 Å². The van der Waals surface area contributed by atoms with E-state index in [4.69, 9.17) is 0 Å². The Bertz CT molecular complexity index is 866. The topological polar surface area (TPSA) is 78.5 Å². The van der Waals surface area contributed by atoms with Crippen LogP contribution >= 0.6 is 0 Å². The minimum absolute atomic E-state index is 0.0306. The van der Waals surface area contributed by atoms with Gasteiger partial charge in [0.05, 0.1) is 13.1 Å². The highest BCUT2D eigenvalue weighted by Crippen LogP contribution is 2.15. The van der Waals surface area contributed by atoms with Crippen molar-refractivity contribution in [3.05, 3.63) is 70.5 Å². The first-order chi connectivity index (χ1) is 12.5. The van der Waals surface area contributed by atoms with E-state index in [0.717, 1.165) is 10.5 Å². The van der Waals surface area contributed by atoms with E-state index >= 15 is 0 Å². The van der Waals surface area contributed by atoms with Gasteiger partial charge in [-0.3, -0.25) is 14.5 Å². The van der Waals surface area contributed by atoms with Crippen LogP contribution in [0.3, 0.4) is 0 Å². The lowest BCUT2D eigenvalue weighted by atomic mass is 10.1. The fourth-order valence-corrected chi connectivity index (χ4v) is 2.76. The van der Waals surface area contributed by atoms with Crippen LogP contribution in [0.2, 0.25) is 0 Å². The number of rotatable bonds is 5. The van der Waals surface area contributed by atoms with Crippen molar-refractivity contribution in [2.24, 2.45) is 0 Å². The number of amides is 4. The van der Waals surface area contributed by atoms with E-state index < -0.39 is 6.03 Å². The summed E-state index contributed by atoms with van der Waals surface area (Å²) in [6.07, 6.45) is 0. The number of halogens is 1. The summed E-state index contributed by atoms with van der Waals surface area (Å²) in [5.74, 6) is -0.944. The van der Waals surface area contributed by atoms with Crippen molar-refractivity contribution in [2.75, 3.05) is 6.54 Å². The predicted octanol–water partition coefficient (Wildman–Crippen LogP) is 2.12. The van der Waals surface area contributed by atoms with Gasteiger partial charge in [0.25, 0.3) is 5.91 Å². The fraction of sp³-hybridized carbons (Fsp3) is 0.211. The zero-order valence-corrected chi connectivity index (χ0v) is 14.2. The van der Waals surface area contributed by atoms with Crippen molar-refractivity contribution in [2.45, 2.75) is 20.0 Å². The van der Waals surface area contributed by atoms with E-state index in [0.29, 0.717) is 16.7 Å². The normalized spacial score (nSPS) is 13.7. The second-order valence-corrected chi connectivity index (χ2v) is 6.06. The fourth-order valence-electron chi connectivity index (χ4n) is 2.76. The molecule has 0 aliphatic carbocycles. The van der Waals surface area contributed by atoms with Crippen molar-refractivity contribution in [3.63, 3.8) is 0 Å². The van der Waals surface area contributed by atoms with E-state index in [1.807, 2.05) is 0 Å². The lowest BCUT2D eigenvalue weighted by Gasteiger charge is -2.15. The van der Waals surface area contributed by atoms with Crippen molar-refractivity contribution >= 4 is 17.8 Å². The predicted molar refractivity (Wildman–Crippen MR) is 92.7 cm³/mol. The molecule has 1 saturated heterocycles. The summed E-state index contributed by atoms with van der Waals surface area (Å²) in [7, 11) is 0. The number of hydrogen-bond donors (Lipinski definition) is 2. The van der Waals surface area contributed by atoms with Crippen molar-refractivity contribution in [1.29, 1.82) is 0 Å². The molecule has 1 heterocycles. The molecule has 2 aromatic rings. The molecule has 0 atom stereocenters. The lowest BCUT2D eigenvalue weighted by Crippen LogP contribution is -2.32. The monoisotopic (exact) mass is 355 g/mol. The third kappa shape index (κ3) is 3.72. The minimum atomic E-state index is -0.466. The highest BCUT2D eigenvalue weighted by molar-refractivity contribution is 6.02. The first kappa shape index (κ1) is 17.6. The number of nitrogens with one attached hydrogen (secondary N) is 2. The van der Waals surface area contributed by atoms with Gasteiger partial charge in [-0.25, -0.2) is 9.18 Å². The van der Waals surface area contributed by atoms with Gasteiger partial charge < -0.3 is 10.6 Å². The van der Waals surface area contributed by atoms with Gasteiger partial charge in [0.2, 0.25) is 5.91 Å². The van der Waals surface area contributed by atoms with Crippen LogP contribution in [-0.2, 0) is 17.9 Å². The Morgan fingerprint density at radius 1 is 1.23 bits per heavy atom. The smallest absolute Gasteiger partial charge is 0.324 e. The van der Waals surface area contributed by atoms with Gasteiger partial charge in [-0.1, -0.05) is 30.3 Å². The van der Waals surface area contributed by atoms with Crippen LogP contribution in [0.25, 0.3) is 0 Å². The van der Waals surface area contributed by atoms with E-state index in [1.54, 1.807) is 43.3 Å². The van der Waals surface area contributed by atoms with E-state index in [2.05, 4.69) is 10.6 Å². The van der Waals surface area contributed by atoms with Gasteiger partial charge in [-0.05, 0) is 35.7 Å². The number of hydrogen-bond acceptors (Lipinski definition) is 3. The molecule has 7 heteroatoms. The Labute approximate surface area is 150 Å². The average molecular weight is 355 g/mol. The summed E-state index contributed by atoms with van der Waals surface area (Å²) in [6, 6.07) is 11.0. The largest absolute Gasteiger partial charge is 0.348 e. The summed E-state index contributed by atoms with van der Waals surface area (Å²) in [4.78, 5) is 37.1. The second-order valence-electron chi connectivity index (χ2n) is 6.06. The third-order valence-corrected chi connectivity index (χ3v) is 4.20. The number of carbonyl (C=O) groups excluding carboxylic acids is 3. The lowest BCUT2D eigenvalue weighted by molar-refractivity contribution is -0.125. The zero-order valence-electron chi connectivity index (χ0n) is 14.2. The summed E-state index contributed by atoms with van der Waals surface area (Å²) < 4.78 is 13.3. The molecule has 0 bridgehead atoms. The molecule has 1 aliphatic rings. The molecule has 0 unspecified atom stereocenters. The van der Waals surface area contributed by atoms with Gasteiger partial charge in [-0.2, -0.15) is 0 Å². The molecule has 134 valence electrons. The van der Waals surface area contributed by atoms with Crippen molar-refractivity contribution in [1.82, 2.24) is 15.5 Å². The number of carbonyl (C=O) groups is 3. The van der Waals surface area contributed by atoms with Gasteiger partial charge in [0, 0.05) is 12.1 Å². The van der Waals surface area contributed by atoms with E-state index in [9.17, 15) is 18.8 Å². The maximum atomic E-state index is 13.3. The number of imide groups is 1. The first-order valence-electron chi connectivity index (χ1n) is 8.15. The molecule has 1 fully saturated rings. The molecule has 3 rings (SSSR count). The van der Waals surface area contributed by atoms with Gasteiger partial charge in [0.1, 0.15) is 5.82 Å². The number of benzene rings is 2. The SMILES string of the molecule is Cc1cc(CNC(=O)c2ccccc2CN2C(=O)CNC2=O)ccc1F. The summed E-state index contributed by atoms with van der Waals surface area (Å²) in [6.45, 7) is 1.91. The third-order valence-electron chi connectivity index (χ3n) is 4.20. The van der Waals surface area contributed by atoms with Gasteiger partial charge in [-0.15, -0.1) is 0 Å². The molecule has 6 nitrogen and oxygen atoms in total. The van der Waals surface area contributed by atoms with Crippen LogP contribution in [-0.4, -0.2) is 29.3 Å². The average Bonchev–Trinajstić information content (AvgIpc) is 2.95. The summed E-state index contributed by atoms with van der Waals surface area (Å²) >= 11 is 0. The maximum Gasteiger partial charge on any atom is 0.324 e. The Hall–Kier alpha value is -3.22. The van der Waals surface area contributed by atoms with Crippen molar-refractivity contribution < 1.29 is 18.8 Å². The molecule has 2 aromatic carbocycles. The van der Waals surface area contributed by atoms with E-state index in [-0.39, 0.29) is 37.3 Å². The maximum absolute atomic E-state index is 13.3. The van der Waals surface area contributed by atoms with Crippen LogP contribution in [0.4, 0.5) is 9.18 Å². The Balaban J connectivity index is 1.72. The number of nitrogens with zero attached hydrogens (tertiary/aromatic N) is 1. The number of urea groups is 1. The van der Waals surface area contributed by atoms with Crippen molar-refractivity contribution in [3.8, 4) is 0 Å². The first-order valence-corrected chi connectivity index (χ1v) is 8.15. The van der Waals surface area contributed by atoms with Crippen LogP contribution in [0, 0.1) is 12.7 Å². The van der Waals surface area contributed by atoms with Crippen LogP contribution < -0.4 is 10.6 Å². The van der Waals surface area contributed by atoms with Crippen LogP contribution in [0.1, 0.15) is 27.0 Å². The molecular weight excluding hydrogens is 337 g/mol. The van der Waals surface area contributed by atoms with Crippen LogP contribution in [0.15, 0.2) is 42.5 Å². The van der Waals surface area contributed by atoms with Gasteiger partial charge >= 0.3 is 6.03 Å². The quantitative estimate of drug-likeness (QED) is 0.807. The molecule has 1 aliphatic heterocycles. The molecule has 4 amide bonds. The second kappa shape index (κ2) is 7.35. The molecule has 0 spiro atoms. The molecule has 26 heavy (non-hydrogen) atoms. The van der Waals surface area contributed by atoms with Crippen LogP contribution in [0.5, 0.6) is 0 Å². The Morgan fingerprint density at radius 3 is 2.69 bits per heavy atom. The molecule has 2 N–H and O–H groups in total. The highest BCUT2D eigenvalue weighted by Gasteiger charge is 2.29. The Morgan fingerprint density at radius 2 is 2.00 bits per heavy atom. The number of aryl methyl sites for hydroxylation is 1.